The average Bonchev–Trinajstić information content (AvgIpc) is 3.10. The Morgan fingerprint density at radius 2 is 1.95 bits per heavy atom. The lowest BCUT2D eigenvalue weighted by Crippen LogP contribution is -2.13. The van der Waals surface area contributed by atoms with E-state index < -0.39 is 0 Å². The third-order valence-electron chi connectivity index (χ3n) is 3.79. The molecule has 0 aliphatic rings. The molecule has 2 N–H and O–H groups in total. The highest BCUT2D eigenvalue weighted by Crippen LogP contribution is 2.36. The van der Waals surface area contributed by atoms with E-state index in [1.54, 1.807) is 11.3 Å². The van der Waals surface area contributed by atoms with Crippen LogP contribution in [0.15, 0.2) is 40.1 Å². The zero-order valence-electron chi connectivity index (χ0n) is 11.8. The van der Waals surface area contributed by atoms with Gasteiger partial charge in [0.2, 0.25) is 0 Å². The number of nitrogens with two attached hydrogens (primary N) is 1. The molecule has 3 heteroatoms. The average molecular weight is 285 g/mol. The molecule has 0 aliphatic carbocycles. The standard InChI is InChI=1S/C17H19NOS/c1-3-11-9-10-20-17(11)16(18)15-12-7-5-6-8-14(12)19-13(15)4-2/h5-10,16H,3-4,18H2,1-2H3. The van der Waals surface area contributed by atoms with Gasteiger partial charge in [-0.15, -0.1) is 11.3 Å². The SMILES string of the molecule is CCc1ccsc1C(N)c1c(CC)oc2ccccc12. The van der Waals surface area contributed by atoms with Crippen LogP contribution in [0.2, 0.25) is 0 Å². The molecule has 0 aliphatic heterocycles. The van der Waals surface area contributed by atoms with E-state index in [0.29, 0.717) is 0 Å². The lowest BCUT2D eigenvalue weighted by molar-refractivity contribution is 0.547. The van der Waals surface area contributed by atoms with Crippen molar-refractivity contribution < 1.29 is 4.42 Å². The van der Waals surface area contributed by atoms with Crippen LogP contribution in [0.4, 0.5) is 0 Å². The van der Waals surface area contributed by atoms with Crippen LogP contribution in [0.1, 0.15) is 41.7 Å². The Hall–Kier alpha value is -1.58. The summed E-state index contributed by atoms with van der Waals surface area (Å²) in [6.07, 6.45) is 1.88. The number of para-hydroxylation sites is 1. The van der Waals surface area contributed by atoms with Gasteiger partial charge in [0.25, 0.3) is 0 Å². The summed E-state index contributed by atoms with van der Waals surface area (Å²) >= 11 is 1.74. The minimum absolute atomic E-state index is 0.0939. The van der Waals surface area contributed by atoms with Crippen LogP contribution in [0.25, 0.3) is 11.0 Å². The van der Waals surface area contributed by atoms with Gasteiger partial charge in [0.1, 0.15) is 11.3 Å². The Bertz CT molecular complexity index is 726. The van der Waals surface area contributed by atoms with E-state index in [0.717, 1.165) is 35.1 Å². The Morgan fingerprint density at radius 3 is 2.70 bits per heavy atom. The summed E-state index contributed by atoms with van der Waals surface area (Å²) in [4.78, 5) is 1.26. The van der Waals surface area contributed by atoms with Gasteiger partial charge < -0.3 is 10.2 Å². The first-order valence-electron chi connectivity index (χ1n) is 7.08. The summed E-state index contributed by atoms with van der Waals surface area (Å²) in [5.41, 5.74) is 10.0. The van der Waals surface area contributed by atoms with Gasteiger partial charge in [-0.1, -0.05) is 32.0 Å². The van der Waals surface area contributed by atoms with Gasteiger partial charge in [0, 0.05) is 22.2 Å². The van der Waals surface area contributed by atoms with E-state index in [9.17, 15) is 0 Å². The molecule has 1 aromatic carbocycles. The van der Waals surface area contributed by atoms with E-state index in [4.69, 9.17) is 10.2 Å². The molecule has 104 valence electrons. The van der Waals surface area contributed by atoms with Crippen molar-refractivity contribution in [2.75, 3.05) is 0 Å². The van der Waals surface area contributed by atoms with Gasteiger partial charge >= 0.3 is 0 Å². The third kappa shape index (κ3) is 2.07. The molecular formula is C17H19NOS. The number of furan rings is 1. The fraction of sp³-hybridized carbons (Fsp3) is 0.294. The maximum absolute atomic E-state index is 6.57. The van der Waals surface area contributed by atoms with Crippen LogP contribution in [0, 0.1) is 0 Å². The molecule has 0 saturated carbocycles. The number of fused-ring (bicyclic) bond motifs is 1. The smallest absolute Gasteiger partial charge is 0.134 e. The number of hydrogen-bond donors (Lipinski definition) is 1. The minimum atomic E-state index is -0.0939. The van der Waals surface area contributed by atoms with E-state index in [1.807, 2.05) is 18.2 Å². The number of thiophene rings is 1. The van der Waals surface area contributed by atoms with E-state index in [-0.39, 0.29) is 6.04 Å². The lowest BCUT2D eigenvalue weighted by atomic mass is 9.98. The lowest BCUT2D eigenvalue weighted by Gasteiger charge is -2.12. The summed E-state index contributed by atoms with van der Waals surface area (Å²) in [5.74, 6) is 1.01. The van der Waals surface area contributed by atoms with Gasteiger partial charge in [-0.2, -0.15) is 0 Å². The molecule has 0 amide bonds. The topological polar surface area (TPSA) is 39.2 Å². The summed E-state index contributed by atoms with van der Waals surface area (Å²) < 4.78 is 5.97. The largest absolute Gasteiger partial charge is 0.461 e. The molecule has 2 heterocycles. The Morgan fingerprint density at radius 1 is 1.15 bits per heavy atom. The van der Waals surface area contributed by atoms with E-state index in [1.165, 1.54) is 10.4 Å². The summed E-state index contributed by atoms with van der Waals surface area (Å²) in [7, 11) is 0. The highest BCUT2D eigenvalue weighted by atomic mass is 32.1. The second-order valence-electron chi connectivity index (χ2n) is 4.93. The first kappa shape index (κ1) is 13.4. The zero-order chi connectivity index (χ0) is 14.1. The summed E-state index contributed by atoms with van der Waals surface area (Å²) in [5, 5.41) is 3.27. The number of rotatable bonds is 4. The molecule has 20 heavy (non-hydrogen) atoms. The minimum Gasteiger partial charge on any atom is -0.461 e. The third-order valence-corrected chi connectivity index (χ3v) is 4.83. The second-order valence-corrected chi connectivity index (χ2v) is 5.88. The van der Waals surface area contributed by atoms with Crippen LogP contribution in [-0.4, -0.2) is 0 Å². The number of aryl methyl sites for hydroxylation is 2. The van der Waals surface area contributed by atoms with Crippen molar-refractivity contribution in [3.05, 3.63) is 57.5 Å². The fourth-order valence-electron chi connectivity index (χ4n) is 2.76. The van der Waals surface area contributed by atoms with Crippen molar-refractivity contribution in [3.63, 3.8) is 0 Å². The normalized spacial score (nSPS) is 12.9. The molecule has 2 aromatic heterocycles. The molecule has 3 aromatic rings. The van der Waals surface area contributed by atoms with Crippen molar-refractivity contribution >= 4 is 22.3 Å². The fourth-order valence-corrected chi connectivity index (χ4v) is 3.77. The van der Waals surface area contributed by atoms with Gasteiger partial charge in [0.05, 0.1) is 6.04 Å². The number of benzene rings is 1. The van der Waals surface area contributed by atoms with Gasteiger partial charge in [-0.3, -0.25) is 0 Å². The van der Waals surface area contributed by atoms with Gasteiger partial charge in [-0.05, 0) is 29.5 Å². The maximum atomic E-state index is 6.57. The summed E-state index contributed by atoms with van der Waals surface area (Å²) in [6, 6.07) is 10.2. The predicted octanol–water partition coefficient (Wildman–Crippen LogP) is 4.67. The Kier molecular flexibility index (Phi) is 3.64. The first-order chi connectivity index (χ1) is 9.76. The monoisotopic (exact) mass is 285 g/mol. The first-order valence-corrected chi connectivity index (χ1v) is 7.96. The molecule has 2 nitrogen and oxygen atoms in total. The quantitative estimate of drug-likeness (QED) is 0.756. The van der Waals surface area contributed by atoms with Crippen LogP contribution in [-0.2, 0) is 12.8 Å². The van der Waals surface area contributed by atoms with Crippen LogP contribution < -0.4 is 5.73 Å². The van der Waals surface area contributed by atoms with Crippen molar-refractivity contribution in [2.45, 2.75) is 32.7 Å². The van der Waals surface area contributed by atoms with Gasteiger partial charge in [0.15, 0.2) is 0 Å². The molecule has 0 bridgehead atoms. The van der Waals surface area contributed by atoms with Crippen LogP contribution in [0.5, 0.6) is 0 Å². The molecule has 1 atom stereocenters. The molecular weight excluding hydrogens is 266 g/mol. The number of hydrogen-bond acceptors (Lipinski definition) is 3. The predicted molar refractivity (Wildman–Crippen MR) is 85.3 cm³/mol. The molecule has 0 saturated heterocycles. The van der Waals surface area contributed by atoms with E-state index >= 15 is 0 Å². The zero-order valence-corrected chi connectivity index (χ0v) is 12.7. The van der Waals surface area contributed by atoms with Crippen LogP contribution in [0.3, 0.4) is 0 Å². The summed E-state index contributed by atoms with van der Waals surface area (Å²) in [6.45, 7) is 4.29. The van der Waals surface area contributed by atoms with Gasteiger partial charge in [-0.25, -0.2) is 0 Å². The Balaban J connectivity index is 2.18. The molecule has 0 spiro atoms. The second kappa shape index (κ2) is 5.43. The van der Waals surface area contributed by atoms with Crippen molar-refractivity contribution in [2.24, 2.45) is 5.73 Å². The van der Waals surface area contributed by atoms with Crippen molar-refractivity contribution in [3.8, 4) is 0 Å². The van der Waals surface area contributed by atoms with E-state index in [2.05, 4.69) is 31.4 Å². The molecule has 1 unspecified atom stereocenters. The maximum Gasteiger partial charge on any atom is 0.134 e. The van der Waals surface area contributed by atoms with Crippen molar-refractivity contribution in [1.29, 1.82) is 0 Å². The molecule has 0 fully saturated rings. The highest BCUT2D eigenvalue weighted by Gasteiger charge is 2.22. The van der Waals surface area contributed by atoms with Crippen LogP contribution >= 0.6 is 11.3 Å². The highest BCUT2D eigenvalue weighted by molar-refractivity contribution is 7.10. The molecule has 3 rings (SSSR count). The Labute approximate surface area is 123 Å². The molecule has 0 radical (unpaired) electrons. The van der Waals surface area contributed by atoms with Crippen molar-refractivity contribution in [1.82, 2.24) is 0 Å².